The van der Waals surface area contributed by atoms with E-state index in [1.807, 2.05) is 53.4 Å². The van der Waals surface area contributed by atoms with Crippen molar-refractivity contribution in [2.24, 2.45) is 0 Å². The van der Waals surface area contributed by atoms with Crippen molar-refractivity contribution in [2.75, 3.05) is 6.54 Å². The molecular formula is C19H17N3O. The first-order chi connectivity index (χ1) is 11.3. The van der Waals surface area contributed by atoms with Crippen LogP contribution in [0.3, 0.4) is 0 Å². The first-order valence-electron chi connectivity index (χ1n) is 7.48. The highest BCUT2D eigenvalue weighted by atomic mass is 16.3. The van der Waals surface area contributed by atoms with Crippen molar-refractivity contribution in [1.29, 1.82) is 5.26 Å². The van der Waals surface area contributed by atoms with Crippen molar-refractivity contribution >= 4 is 0 Å². The van der Waals surface area contributed by atoms with Crippen LogP contribution in [0.15, 0.2) is 71.3 Å². The third-order valence-electron chi connectivity index (χ3n) is 3.50. The number of rotatable bonds is 6. The number of hydrogen-bond acceptors (Lipinski definition) is 4. The molecule has 23 heavy (non-hydrogen) atoms. The van der Waals surface area contributed by atoms with Gasteiger partial charge in [-0.25, -0.2) is 4.98 Å². The van der Waals surface area contributed by atoms with Gasteiger partial charge in [0, 0.05) is 18.7 Å². The standard InChI is InChI=1S/C19H17N3O/c20-11-12-22(13-16-7-3-1-4-8-16)14-18-15-23-19(21-18)17-9-5-2-6-10-17/h1-10,15H,12-14H2. The van der Waals surface area contributed by atoms with Gasteiger partial charge in [0.1, 0.15) is 6.26 Å². The summed E-state index contributed by atoms with van der Waals surface area (Å²) in [7, 11) is 0. The summed E-state index contributed by atoms with van der Waals surface area (Å²) >= 11 is 0. The molecule has 0 aliphatic carbocycles. The number of nitrogens with zero attached hydrogens (tertiary/aromatic N) is 3. The van der Waals surface area contributed by atoms with E-state index in [1.165, 1.54) is 5.56 Å². The Bertz CT molecular complexity index is 775. The van der Waals surface area contributed by atoms with E-state index < -0.39 is 0 Å². The molecule has 0 bridgehead atoms. The van der Waals surface area contributed by atoms with E-state index >= 15 is 0 Å². The van der Waals surface area contributed by atoms with Crippen LogP contribution < -0.4 is 0 Å². The van der Waals surface area contributed by atoms with Crippen molar-refractivity contribution in [3.63, 3.8) is 0 Å². The van der Waals surface area contributed by atoms with Gasteiger partial charge in [-0.05, 0) is 17.7 Å². The lowest BCUT2D eigenvalue weighted by Crippen LogP contribution is -2.23. The molecule has 0 unspecified atom stereocenters. The van der Waals surface area contributed by atoms with E-state index in [0.717, 1.165) is 11.3 Å². The van der Waals surface area contributed by atoms with Crippen LogP contribution >= 0.6 is 0 Å². The molecule has 0 radical (unpaired) electrons. The van der Waals surface area contributed by atoms with Gasteiger partial charge < -0.3 is 4.42 Å². The monoisotopic (exact) mass is 303 g/mol. The highest BCUT2D eigenvalue weighted by Crippen LogP contribution is 2.19. The normalized spacial score (nSPS) is 10.6. The molecule has 3 rings (SSSR count). The fourth-order valence-corrected chi connectivity index (χ4v) is 2.43. The van der Waals surface area contributed by atoms with Crippen LogP contribution in [0.1, 0.15) is 11.3 Å². The number of aromatic nitrogens is 1. The quantitative estimate of drug-likeness (QED) is 0.649. The third-order valence-corrected chi connectivity index (χ3v) is 3.50. The van der Waals surface area contributed by atoms with Crippen molar-refractivity contribution in [3.05, 3.63) is 78.2 Å². The van der Waals surface area contributed by atoms with Crippen LogP contribution in [-0.4, -0.2) is 16.4 Å². The van der Waals surface area contributed by atoms with Crippen molar-refractivity contribution in [1.82, 2.24) is 9.88 Å². The van der Waals surface area contributed by atoms with Crippen LogP contribution in [0, 0.1) is 11.3 Å². The SMILES string of the molecule is N#CCN(Cc1ccccc1)Cc1coc(-c2ccccc2)n1. The van der Waals surface area contributed by atoms with Crippen LogP contribution in [0.2, 0.25) is 0 Å². The molecule has 1 aromatic heterocycles. The zero-order valence-corrected chi connectivity index (χ0v) is 12.7. The summed E-state index contributed by atoms with van der Waals surface area (Å²) in [6.07, 6.45) is 1.66. The Kier molecular flexibility index (Phi) is 4.82. The van der Waals surface area contributed by atoms with Crippen LogP contribution in [-0.2, 0) is 13.1 Å². The van der Waals surface area contributed by atoms with E-state index in [0.29, 0.717) is 25.5 Å². The maximum atomic E-state index is 9.04. The molecule has 0 saturated carbocycles. The lowest BCUT2D eigenvalue weighted by atomic mass is 10.2. The molecule has 114 valence electrons. The summed E-state index contributed by atoms with van der Waals surface area (Å²) in [4.78, 5) is 6.57. The van der Waals surface area contributed by atoms with E-state index in [2.05, 4.69) is 23.2 Å². The van der Waals surface area contributed by atoms with Crippen molar-refractivity contribution < 1.29 is 4.42 Å². The second-order valence-electron chi connectivity index (χ2n) is 5.30. The van der Waals surface area contributed by atoms with E-state index in [9.17, 15) is 0 Å². The van der Waals surface area contributed by atoms with E-state index in [-0.39, 0.29) is 0 Å². The zero-order chi connectivity index (χ0) is 15.9. The van der Waals surface area contributed by atoms with Gasteiger partial charge in [0.05, 0.1) is 18.3 Å². The predicted octanol–water partition coefficient (Wildman–Crippen LogP) is 3.87. The Hall–Kier alpha value is -2.90. The molecule has 0 spiro atoms. The Morgan fingerprint density at radius 2 is 1.65 bits per heavy atom. The summed E-state index contributed by atoms with van der Waals surface area (Å²) in [6.45, 7) is 1.64. The van der Waals surface area contributed by atoms with Gasteiger partial charge in [-0.3, -0.25) is 4.90 Å². The van der Waals surface area contributed by atoms with Gasteiger partial charge >= 0.3 is 0 Å². The molecule has 2 aromatic carbocycles. The molecular weight excluding hydrogens is 286 g/mol. The van der Waals surface area contributed by atoms with Crippen LogP contribution in [0.4, 0.5) is 0 Å². The van der Waals surface area contributed by atoms with Crippen LogP contribution in [0.25, 0.3) is 11.5 Å². The summed E-state index contributed by atoms with van der Waals surface area (Å²) in [5.41, 5.74) is 2.96. The van der Waals surface area contributed by atoms with Gasteiger partial charge in [-0.2, -0.15) is 5.26 Å². The third kappa shape index (κ3) is 4.06. The number of nitriles is 1. The first kappa shape index (κ1) is 15.0. The Balaban J connectivity index is 1.71. The number of benzene rings is 2. The van der Waals surface area contributed by atoms with Gasteiger partial charge in [0.15, 0.2) is 0 Å². The second kappa shape index (κ2) is 7.39. The highest BCUT2D eigenvalue weighted by Gasteiger charge is 2.11. The summed E-state index contributed by atoms with van der Waals surface area (Å²) in [6, 6.07) is 22.1. The maximum absolute atomic E-state index is 9.04. The Labute approximate surface area is 135 Å². The molecule has 0 fully saturated rings. The molecule has 0 aliphatic heterocycles. The maximum Gasteiger partial charge on any atom is 0.226 e. The smallest absolute Gasteiger partial charge is 0.226 e. The zero-order valence-electron chi connectivity index (χ0n) is 12.7. The molecule has 0 amide bonds. The fraction of sp³-hybridized carbons (Fsp3) is 0.158. The largest absolute Gasteiger partial charge is 0.444 e. The molecule has 1 heterocycles. The van der Waals surface area contributed by atoms with Gasteiger partial charge in [-0.15, -0.1) is 0 Å². The number of oxazole rings is 1. The summed E-state index contributed by atoms with van der Waals surface area (Å²) in [5.74, 6) is 0.609. The molecule has 0 atom stereocenters. The average Bonchev–Trinajstić information content (AvgIpc) is 3.05. The van der Waals surface area contributed by atoms with Gasteiger partial charge in [-0.1, -0.05) is 48.5 Å². The topological polar surface area (TPSA) is 53.1 Å². The lowest BCUT2D eigenvalue weighted by Gasteiger charge is -2.17. The van der Waals surface area contributed by atoms with Crippen molar-refractivity contribution in [2.45, 2.75) is 13.1 Å². The van der Waals surface area contributed by atoms with Crippen LogP contribution in [0.5, 0.6) is 0 Å². The first-order valence-corrected chi connectivity index (χ1v) is 7.48. The minimum Gasteiger partial charge on any atom is -0.444 e. The minimum absolute atomic E-state index is 0.350. The molecule has 4 heteroatoms. The van der Waals surface area contributed by atoms with Crippen molar-refractivity contribution in [3.8, 4) is 17.5 Å². The summed E-state index contributed by atoms with van der Waals surface area (Å²) in [5, 5.41) is 9.04. The second-order valence-corrected chi connectivity index (χ2v) is 5.30. The van der Waals surface area contributed by atoms with Gasteiger partial charge in [0.25, 0.3) is 0 Å². The molecule has 0 aliphatic rings. The Morgan fingerprint density at radius 3 is 2.35 bits per heavy atom. The molecule has 3 aromatic rings. The summed E-state index contributed by atoms with van der Waals surface area (Å²) < 4.78 is 5.56. The Morgan fingerprint density at radius 1 is 0.957 bits per heavy atom. The molecule has 4 nitrogen and oxygen atoms in total. The van der Waals surface area contributed by atoms with E-state index in [1.54, 1.807) is 6.26 Å². The average molecular weight is 303 g/mol. The fourth-order valence-electron chi connectivity index (χ4n) is 2.43. The van der Waals surface area contributed by atoms with Gasteiger partial charge in [0.2, 0.25) is 5.89 Å². The number of hydrogen-bond donors (Lipinski definition) is 0. The van der Waals surface area contributed by atoms with E-state index in [4.69, 9.17) is 9.68 Å². The minimum atomic E-state index is 0.350. The predicted molar refractivity (Wildman–Crippen MR) is 88.1 cm³/mol. The highest BCUT2D eigenvalue weighted by molar-refractivity contribution is 5.52. The lowest BCUT2D eigenvalue weighted by molar-refractivity contribution is 0.285. The molecule has 0 saturated heterocycles. The molecule has 0 N–H and O–H groups in total.